The largest absolute Gasteiger partial charge is 0.390 e. The van der Waals surface area contributed by atoms with Crippen LogP contribution < -0.4 is 10.6 Å². The van der Waals surface area contributed by atoms with Crippen LogP contribution in [-0.2, 0) is 7.05 Å². The van der Waals surface area contributed by atoms with Gasteiger partial charge in [0, 0.05) is 26.3 Å². The molecular formula is C8H14N4O. The molecule has 0 unspecified atom stereocenters. The van der Waals surface area contributed by atoms with Crippen LogP contribution in [0.2, 0.25) is 0 Å². The lowest BCUT2D eigenvalue weighted by atomic mass is 10.2. The molecule has 72 valence electrons. The Balaban J connectivity index is 1.97. The Bertz CT molecular complexity index is 285. The van der Waals surface area contributed by atoms with Gasteiger partial charge in [0.2, 0.25) is 0 Å². The summed E-state index contributed by atoms with van der Waals surface area (Å²) >= 11 is 0. The second-order valence-corrected chi connectivity index (χ2v) is 3.38. The second-order valence-electron chi connectivity index (χ2n) is 3.38. The number of nitrogens with zero attached hydrogens (tertiary/aromatic N) is 2. The minimum Gasteiger partial charge on any atom is -0.390 e. The van der Waals surface area contributed by atoms with E-state index in [-0.39, 0.29) is 12.1 Å². The lowest BCUT2D eigenvalue weighted by Crippen LogP contribution is -2.31. The van der Waals surface area contributed by atoms with Crippen molar-refractivity contribution in [2.75, 3.05) is 18.4 Å². The highest BCUT2D eigenvalue weighted by Crippen LogP contribution is 2.10. The number of hydrogen-bond acceptors (Lipinski definition) is 4. The van der Waals surface area contributed by atoms with Crippen molar-refractivity contribution in [1.82, 2.24) is 15.1 Å². The van der Waals surface area contributed by atoms with E-state index in [2.05, 4.69) is 15.7 Å². The highest BCUT2D eigenvalue weighted by Gasteiger charge is 2.24. The maximum atomic E-state index is 9.50. The van der Waals surface area contributed by atoms with Crippen molar-refractivity contribution in [3.8, 4) is 0 Å². The summed E-state index contributed by atoms with van der Waals surface area (Å²) in [6.07, 6.45) is 3.34. The predicted octanol–water partition coefficient (Wildman–Crippen LogP) is -0.835. The number of aryl methyl sites for hydroxylation is 1. The van der Waals surface area contributed by atoms with Gasteiger partial charge in [-0.05, 0) is 0 Å². The summed E-state index contributed by atoms with van der Waals surface area (Å²) in [6.45, 7) is 1.47. The van der Waals surface area contributed by atoms with Crippen LogP contribution in [0.1, 0.15) is 0 Å². The lowest BCUT2D eigenvalue weighted by Gasteiger charge is -2.14. The van der Waals surface area contributed by atoms with Crippen molar-refractivity contribution in [3.63, 3.8) is 0 Å². The maximum absolute atomic E-state index is 9.50. The summed E-state index contributed by atoms with van der Waals surface area (Å²) < 4.78 is 1.73. The summed E-state index contributed by atoms with van der Waals surface area (Å²) in [5.41, 5.74) is 0.954. The molecule has 1 aromatic rings. The van der Waals surface area contributed by atoms with Gasteiger partial charge in [-0.25, -0.2) is 0 Å². The van der Waals surface area contributed by atoms with E-state index in [1.807, 2.05) is 13.2 Å². The monoisotopic (exact) mass is 182 g/mol. The van der Waals surface area contributed by atoms with Gasteiger partial charge in [0.1, 0.15) is 0 Å². The molecule has 1 aliphatic heterocycles. The molecule has 5 nitrogen and oxygen atoms in total. The van der Waals surface area contributed by atoms with E-state index < -0.39 is 0 Å². The first-order chi connectivity index (χ1) is 6.25. The van der Waals surface area contributed by atoms with Crippen molar-refractivity contribution in [2.45, 2.75) is 12.1 Å². The molecule has 2 rings (SSSR count). The van der Waals surface area contributed by atoms with E-state index in [0.717, 1.165) is 12.2 Å². The normalized spacial score (nSPS) is 27.8. The van der Waals surface area contributed by atoms with Gasteiger partial charge in [0.25, 0.3) is 0 Å². The van der Waals surface area contributed by atoms with Crippen molar-refractivity contribution in [3.05, 3.63) is 12.4 Å². The fourth-order valence-electron chi connectivity index (χ4n) is 1.52. The van der Waals surface area contributed by atoms with Gasteiger partial charge in [-0.15, -0.1) is 0 Å². The van der Waals surface area contributed by atoms with Crippen molar-refractivity contribution in [2.24, 2.45) is 7.05 Å². The molecule has 3 N–H and O–H groups in total. The van der Waals surface area contributed by atoms with Crippen LogP contribution in [0.25, 0.3) is 0 Å². The molecule has 1 fully saturated rings. The molecule has 0 saturated carbocycles. The zero-order valence-corrected chi connectivity index (χ0v) is 7.57. The van der Waals surface area contributed by atoms with E-state index in [0.29, 0.717) is 6.54 Å². The zero-order chi connectivity index (χ0) is 9.26. The minimum atomic E-state index is -0.305. The van der Waals surface area contributed by atoms with Gasteiger partial charge in [-0.3, -0.25) is 4.68 Å². The molecule has 0 bridgehead atoms. The first-order valence-electron chi connectivity index (χ1n) is 4.39. The van der Waals surface area contributed by atoms with Crippen molar-refractivity contribution < 1.29 is 5.11 Å². The smallest absolute Gasteiger partial charge is 0.0877 e. The summed E-state index contributed by atoms with van der Waals surface area (Å²) in [6, 6.07) is 0.101. The highest BCUT2D eigenvalue weighted by molar-refractivity contribution is 5.40. The van der Waals surface area contributed by atoms with Crippen LogP contribution in [0.5, 0.6) is 0 Å². The number of anilines is 1. The molecule has 13 heavy (non-hydrogen) atoms. The molecule has 0 aliphatic carbocycles. The third-order valence-corrected chi connectivity index (χ3v) is 2.24. The van der Waals surface area contributed by atoms with E-state index in [9.17, 15) is 5.11 Å². The van der Waals surface area contributed by atoms with Crippen LogP contribution in [0.3, 0.4) is 0 Å². The third-order valence-electron chi connectivity index (χ3n) is 2.24. The fourth-order valence-corrected chi connectivity index (χ4v) is 1.52. The number of nitrogens with one attached hydrogen (secondary N) is 2. The zero-order valence-electron chi connectivity index (χ0n) is 7.57. The quantitative estimate of drug-likeness (QED) is 0.558. The average Bonchev–Trinajstić information content (AvgIpc) is 2.64. The summed E-state index contributed by atoms with van der Waals surface area (Å²) in [5.74, 6) is 0. The minimum absolute atomic E-state index is 0.101. The molecule has 5 heteroatoms. The van der Waals surface area contributed by atoms with Crippen molar-refractivity contribution in [1.29, 1.82) is 0 Å². The van der Waals surface area contributed by atoms with E-state index in [1.54, 1.807) is 10.9 Å². The molecule has 1 saturated heterocycles. The van der Waals surface area contributed by atoms with Gasteiger partial charge >= 0.3 is 0 Å². The number of hydrogen-bond donors (Lipinski definition) is 3. The number of rotatable bonds is 2. The van der Waals surface area contributed by atoms with Crippen LogP contribution in [0, 0.1) is 0 Å². The summed E-state index contributed by atoms with van der Waals surface area (Å²) in [5, 5.41) is 19.9. The first kappa shape index (κ1) is 8.52. The topological polar surface area (TPSA) is 62.1 Å². The van der Waals surface area contributed by atoms with E-state index >= 15 is 0 Å². The predicted molar refractivity (Wildman–Crippen MR) is 49.5 cm³/mol. The van der Waals surface area contributed by atoms with Gasteiger partial charge in [-0.2, -0.15) is 5.10 Å². The first-order valence-corrected chi connectivity index (χ1v) is 4.39. The Hall–Kier alpha value is -1.07. The van der Waals surface area contributed by atoms with Crippen LogP contribution in [-0.4, -0.2) is 40.1 Å². The highest BCUT2D eigenvalue weighted by atomic mass is 16.3. The Labute approximate surface area is 76.8 Å². The number of β-amino-alcohol motifs (C(OH)–C–C–N with tert-alkyl or cyclic N) is 1. The Morgan fingerprint density at radius 2 is 2.54 bits per heavy atom. The van der Waals surface area contributed by atoms with Gasteiger partial charge in [0.15, 0.2) is 0 Å². The van der Waals surface area contributed by atoms with Crippen LogP contribution >= 0.6 is 0 Å². The van der Waals surface area contributed by atoms with Gasteiger partial charge < -0.3 is 15.7 Å². The van der Waals surface area contributed by atoms with Crippen molar-refractivity contribution >= 4 is 5.69 Å². The molecule has 1 aliphatic rings. The Morgan fingerprint density at radius 3 is 3.08 bits per heavy atom. The van der Waals surface area contributed by atoms with Gasteiger partial charge in [-0.1, -0.05) is 0 Å². The molecular weight excluding hydrogens is 168 g/mol. The SMILES string of the molecule is Cn1cc(N[C@@H]2CNC[C@H]2O)cn1. The number of aliphatic hydroxyl groups excluding tert-OH is 1. The van der Waals surface area contributed by atoms with Gasteiger partial charge in [0.05, 0.1) is 24.0 Å². The third kappa shape index (κ3) is 1.81. The molecule has 0 amide bonds. The number of aliphatic hydroxyl groups is 1. The molecule has 1 aromatic heterocycles. The molecule has 0 aromatic carbocycles. The average molecular weight is 182 g/mol. The second kappa shape index (κ2) is 3.35. The molecule has 0 radical (unpaired) electrons. The van der Waals surface area contributed by atoms with E-state index in [1.165, 1.54) is 0 Å². The molecule has 2 atom stereocenters. The van der Waals surface area contributed by atoms with Crippen LogP contribution in [0.4, 0.5) is 5.69 Å². The summed E-state index contributed by atoms with van der Waals surface area (Å²) in [7, 11) is 1.87. The molecule has 0 spiro atoms. The Kier molecular flexibility index (Phi) is 2.20. The molecule has 2 heterocycles. The maximum Gasteiger partial charge on any atom is 0.0877 e. The van der Waals surface area contributed by atoms with E-state index in [4.69, 9.17) is 0 Å². The standard InChI is InChI=1S/C8H14N4O/c1-12-5-6(2-10-12)11-7-3-9-4-8(7)13/h2,5,7-9,11,13H,3-4H2,1H3/t7-,8-/m1/s1. The summed E-state index contributed by atoms with van der Waals surface area (Å²) in [4.78, 5) is 0. The lowest BCUT2D eigenvalue weighted by molar-refractivity contribution is 0.185. The fraction of sp³-hybridized carbons (Fsp3) is 0.625. The number of aromatic nitrogens is 2. The Morgan fingerprint density at radius 1 is 1.69 bits per heavy atom. The van der Waals surface area contributed by atoms with Crippen LogP contribution in [0.15, 0.2) is 12.4 Å².